The molecule has 1 aliphatic carbocycles. The van der Waals surface area contributed by atoms with E-state index in [1.807, 2.05) is 0 Å². The lowest BCUT2D eigenvalue weighted by atomic mass is 10.1. The molecule has 2 N–H and O–H groups in total. The van der Waals surface area contributed by atoms with E-state index in [-0.39, 0.29) is 29.8 Å². The molecule has 0 aliphatic heterocycles. The summed E-state index contributed by atoms with van der Waals surface area (Å²) in [5, 5.41) is 21.4. The molecule has 1 saturated carbocycles. The highest BCUT2D eigenvalue weighted by molar-refractivity contribution is 7.89. The molecule has 8 nitrogen and oxygen atoms in total. The smallest absolute Gasteiger partial charge is 0.305 e. The molecule has 0 aromatic carbocycles. The normalized spacial score (nSPS) is 22.0. The Balaban J connectivity index is 2.06. The number of nitriles is 1. The molecule has 2 rings (SSSR count). The fourth-order valence-corrected chi connectivity index (χ4v) is 3.60. The molecule has 1 aromatic rings. The fraction of sp³-hybridized carbons (Fsp3) is 0.583. The maximum absolute atomic E-state index is 12.2. The molecule has 0 saturated heterocycles. The van der Waals surface area contributed by atoms with Crippen LogP contribution in [0.2, 0.25) is 0 Å². The largest absolute Gasteiger partial charge is 0.481 e. The van der Waals surface area contributed by atoms with Crippen molar-refractivity contribution in [3.63, 3.8) is 0 Å². The summed E-state index contributed by atoms with van der Waals surface area (Å²) in [5.74, 6) is -1.28. The number of nitrogens with zero attached hydrogens (tertiary/aromatic N) is 3. The highest BCUT2D eigenvalue weighted by atomic mass is 32.2. The van der Waals surface area contributed by atoms with E-state index in [4.69, 9.17) is 10.4 Å². The Morgan fingerprint density at radius 3 is 3.00 bits per heavy atom. The van der Waals surface area contributed by atoms with Gasteiger partial charge in [0.25, 0.3) is 0 Å². The number of aliphatic carboxylic acids is 1. The van der Waals surface area contributed by atoms with Crippen molar-refractivity contribution < 1.29 is 18.3 Å². The van der Waals surface area contributed by atoms with Gasteiger partial charge in [-0.2, -0.15) is 10.4 Å². The highest BCUT2D eigenvalue weighted by Gasteiger charge is 2.31. The molecule has 2 unspecified atom stereocenters. The first kappa shape index (κ1) is 15.5. The number of carbonyl (C=O) groups is 1. The Kier molecular flexibility index (Phi) is 4.59. The van der Waals surface area contributed by atoms with Gasteiger partial charge in [-0.1, -0.05) is 6.42 Å². The van der Waals surface area contributed by atoms with Crippen LogP contribution in [0.25, 0.3) is 0 Å². The van der Waals surface area contributed by atoms with E-state index >= 15 is 0 Å². The van der Waals surface area contributed by atoms with E-state index in [9.17, 15) is 13.2 Å². The number of carboxylic acids is 1. The van der Waals surface area contributed by atoms with Crippen molar-refractivity contribution in [2.24, 2.45) is 5.92 Å². The first-order chi connectivity index (χ1) is 9.92. The molecule has 0 radical (unpaired) electrons. The van der Waals surface area contributed by atoms with Gasteiger partial charge >= 0.3 is 5.97 Å². The van der Waals surface area contributed by atoms with Crippen LogP contribution in [0.3, 0.4) is 0 Å². The summed E-state index contributed by atoms with van der Waals surface area (Å²) in [7, 11) is -3.74. The summed E-state index contributed by atoms with van der Waals surface area (Å²) in [4.78, 5) is 10.5. The van der Waals surface area contributed by atoms with Crippen molar-refractivity contribution in [1.82, 2.24) is 14.5 Å². The third-order valence-corrected chi connectivity index (χ3v) is 4.91. The van der Waals surface area contributed by atoms with Crippen LogP contribution in [0.5, 0.6) is 0 Å². The molecular formula is C12H16N4O4S. The lowest BCUT2D eigenvalue weighted by molar-refractivity contribution is -0.137. The fourth-order valence-electron chi connectivity index (χ4n) is 2.34. The average Bonchev–Trinajstić information content (AvgIpc) is 3.04. The van der Waals surface area contributed by atoms with E-state index in [0.717, 1.165) is 6.42 Å². The molecule has 0 amide bonds. The van der Waals surface area contributed by atoms with Crippen molar-refractivity contribution in [2.45, 2.75) is 43.2 Å². The van der Waals surface area contributed by atoms with Crippen LogP contribution in [0.4, 0.5) is 0 Å². The Labute approximate surface area is 122 Å². The summed E-state index contributed by atoms with van der Waals surface area (Å²) in [6.45, 7) is 0.106. The van der Waals surface area contributed by atoms with Crippen molar-refractivity contribution in [3.05, 3.63) is 12.4 Å². The molecule has 2 atom stereocenters. The van der Waals surface area contributed by atoms with Crippen LogP contribution in [0.15, 0.2) is 17.3 Å². The van der Waals surface area contributed by atoms with Crippen LogP contribution in [0, 0.1) is 17.2 Å². The Morgan fingerprint density at radius 1 is 1.57 bits per heavy atom. The second-order valence-electron chi connectivity index (χ2n) is 4.98. The predicted octanol–water partition coefficient (Wildman–Crippen LogP) is 0.328. The summed E-state index contributed by atoms with van der Waals surface area (Å²) in [6.07, 6.45) is 4.51. The van der Waals surface area contributed by atoms with Gasteiger partial charge < -0.3 is 5.11 Å². The second kappa shape index (κ2) is 6.24. The number of hydrogen-bond acceptors (Lipinski definition) is 5. The molecule has 21 heavy (non-hydrogen) atoms. The monoisotopic (exact) mass is 312 g/mol. The van der Waals surface area contributed by atoms with Crippen LogP contribution in [-0.4, -0.2) is 35.3 Å². The second-order valence-corrected chi connectivity index (χ2v) is 6.69. The molecule has 0 spiro atoms. The number of aryl methyl sites for hydroxylation is 1. The predicted molar refractivity (Wildman–Crippen MR) is 71.5 cm³/mol. The molecule has 0 bridgehead atoms. The minimum absolute atomic E-state index is 0.0171. The van der Waals surface area contributed by atoms with Crippen LogP contribution >= 0.6 is 0 Å². The molecule has 114 valence electrons. The Hall–Kier alpha value is -1.92. The first-order valence-electron chi connectivity index (χ1n) is 6.58. The zero-order valence-corrected chi connectivity index (χ0v) is 12.1. The van der Waals surface area contributed by atoms with Crippen molar-refractivity contribution in [1.29, 1.82) is 5.26 Å². The molecular weight excluding hydrogens is 296 g/mol. The van der Waals surface area contributed by atoms with E-state index in [1.54, 1.807) is 0 Å². The lowest BCUT2D eigenvalue weighted by Gasteiger charge is -2.14. The van der Waals surface area contributed by atoms with Gasteiger partial charge in [-0.25, -0.2) is 13.1 Å². The van der Waals surface area contributed by atoms with E-state index in [1.165, 1.54) is 17.1 Å². The van der Waals surface area contributed by atoms with Gasteiger partial charge in [-0.3, -0.25) is 9.48 Å². The van der Waals surface area contributed by atoms with Gasteiger partial charge in [-0.05, 0) is 12.8 Å². The third kappa shape index (κ3) is 3.80. The van der Waals surface area contributed by atoms with E-state index in [2.05, 4.69) is 15.9 Å². The van der Waals surface area contributed by atoms with Crippen molar-refractivity contribution >= 4 is 16.0 Å². The van der Waals surface area contributed by atoms with Crippen LogP contribution in [-0.2, 0) is 21.4 Å². The quantitative estimate of drug-likeness (QED) is 0.779. The molecule has 1 aliphatic rings. The number of hydrogen-bond donors (Lipinski definition) is 2. The maximum Gasteiger partial charge on any atom is 0.305 e. The Morgan fingerprint density at radius 2 is 2.33 bits per heavy atom. The molecule has 1 heterocycles. The van der Waals surface area contributed by atoms with E-state index < -0.39 is 16.0 Å². The SMILES string of the molecule is N#CC1CCCC1NS(=O)(=O)c1cnn(CCC(=O)O)c1. The van der Waals surface area contributed by atoms with Gasteiger partial charge in [0.15, 0.2) is 0 Å². The summed E-state index contributed by atoms with van der Waals surface area (Å²) in [5.41, 5.74) is 0. The zero-order chi connectivity index (χ0) is 15.5. The third-order valence-electron chi connectivity index (χ3n) is 3.46. The highest BCUT2D eigenvalue weighted by Crippen LogP contribution is 2.26. The first-order valence-corrected chi connectivity index (χ1v) is 8.07. The van der Waals surface area contributed by atoms with Crippen LogP contribution in [0.1, 0.15) is 25.7 Å². The minimum Gasteiger partial charge on any atom is -0.481 e. The maximum atomic E-state index is 12.2. The molecule has 1 fully saturated rings. The summed E-state index contributed by atoms with van der Waals surface area (Å²) in [6, 6.07) is 1.74. The number of rotatable bonds is 6. The number of sulfonamides is 1. The average molecular weight is 312 g/mol. The topological polar surface area (TPSA) is 125 Å². The lowest BCUT2D eigenvalue weighted by Crippen LogP contribution is -2.36. The summed E-state index contributed by atoms with van der Waals surface area (Å²) < 4.78 is 28.2. The van der Waals surface area contributed by atoms with Crippen LogP contribution < -0.4 is 4.72 Å². The van der Waals surface area contributed by atoms with Gasteiger partial charge in [-0.15, -0.1) is 0 Å². The Bertz CT molecular complexity index is 661. The van der Waals surface area contributed by atoms with Gasteiger partial charge in [0.05, 0.1) is 31.1 Å². The molecule has 1 aromatic heterocycles. The number of aromatic nitrogens is 2. The van der Waals surface area contributed by atoms with Crippen molar-refractivity contribution in [3.8, 4) is 6.07 Å². The number of nitrogens with one attached hydrogen (secondary N) is 1. The van der Waals surface area contributed by atoms with Crippen molar-refractivity contribution in [2.75, 3.05) is 0 Å². The van der Waals surface area contributed by atoms with Gasteiger partial charge in [0, 0.05) is 12.2 Å². The minimum atomic E-state index is -3.74. The van der Waals surface area contributed by atoms with E-state index in [0.29, 0.717) is 12.8 Å². The zero-order valence-electron chi connectivity index (χ0n) is 11.3. The van der Waals surface area contributed by atoms with Gasteiger partial charge in [0.1, 0.15) is 4.90 Å². The van der Waals surface area contributed by atoms with Gasteiger partial charge in [0.2, 0.25) is 10.0 Å². The summed E-state index contributed by atoms with van der Waals surface area (Å²) >= 11 is 0. The molecule has 9 heteroatoms. The number of carboxylic acid groups (broad SMARTS) is 1. The standard InChI is InChI=1S/C12H16N4O4S/c13-6-9-2-1-3-11(9)15-21(19,20)10-7-14-16(8-10)5-4-12(17)18/h7-9,11,15H,1-5H2,(H,17,18).